The molecule has 2 aliphatic heterocycles. The molecule has 6 heteroatoms. The lowest BCUT2D eigenvalue weighted by Crippen LogP contribution is -2.40. The van der Waals surface area contributed by atoms with Crippen molar-refractivity contribution in [1.29, 1.82) is 0 Å². The van der Waals surface area contributed by atoms with E-state index in [0.717, 1.165) is 45.3 Å². The van der Waals surface area contributed by atoms with E-state index >= 15 is 0 Å². The fourth-order valence-corrected chi connectivity index (χ4v) is 4.66. The van der Waals surface area contributed by atoms with E-state index < -0.39 is 0 Å². The van der Waals surface area contributed by atoms with E-state index in [1.165, 1.54) is 19.3 Å². The van der Waals surface area contributed by atoms with Crippen LogP contribution in [-0.2, 0) is 4.79 Å². The molecule has 0 atom stereocenters. The number of rotatable bonds is 6. The molecule has 2 heterocycles. The van der Waals surface area contributed by atoms with Crippen LogP contribution in [0.1, 0.15) is 61.7 Å². The number of Topliss-reactive ketones (excluding diaryl/α,β-unsaturated/α-hetero) is 1. The molecule has 1 aromatic rings. The van der Waals surface area contributed by atoms with Crippen LogP contribution in [0.5, 0.6) is 11.5 Å². The van der Waals surface area contributed by atoms with Crippen molar-refractivity contribution in [3.05, 3.63) is 23.8 Å². The second-order valence-corrected chi connectivity index (χ2v) is 8.49. The molecule has 0 unspecified atom stereocenters. The van der Waals surface area contributed by atoms with Crippen LogP contribution in [0.2, 0.25) is 0 Å². The maximum Gasteiger partial charge on any atom is 0.221 e. The standard InChI is InChI=1S/C23H32N2O4/c26-22(24-19-4-2-1-3-5-19)10-13-25-11-8-17(9-12-25)23(27)18-6-7-20-21(16-18)29-15-14-28-20/h6-7,16-17,19H,1-5,8-15H2,(H,24,26). The predicted molar refractivity (Wildman–Crippen MR) is 111 cm³/mol. The molecular weight excluding hydrogens is 368 g/mol. The number of piperidine rings is 1. The Balaban J connectivity index is 1.21. The number of fused-ring (bicyclic) bond motifs is 1. The van der Waals surface area contributed by atoms with E-state index in [4.69, 9.17) is 9.47 Å². The number of carbonyl (C=O) groups is 2. The highest BCUT2D eigenvalue weighted by Gasteiger charge is 2.27. The molecule has 158 valence electrons. The lowest BCUT2D eigenvalue weighted by atomic mass is 9.88. The van der Waals surface area contributed by atoms with Crippen molar-refractivity contribution in [1.82, 2.24) is 10.2 Å². The minimum absolute atomic E-state index is 0.0462. The Morgan fingerprint density at radius 2 is 1.69 bits per heavy atom. The normalized spacial score (nSPS) is 21.0. The summed E-state index contributed by atoms with van der Waals surface area (Å²) in [6.45, 7) is 3.60. The first-order chi connectivity index (χ1) is 14.2. The summed E-state index contributed by atoms with van der Waals surface area (Å²) in [5.41, 5.74) is 0.708. The molecule has 2 fully saturated rings. The quantitative estimate of drug-likeness (QED) is 0.743. The Hall–Kier alpha value is -2.08. The van der Waals surface area contributed by atoms with Crippen LogP contribution >= 0.6 is 0 Å². The van der Waals surface area contributed by atoms with E-state index in [2.05, 4.69) is 10.2 Å². The molecule has 0 radical (unpaired) electrons. The molecule has 1 aliphatic carbocycles. The van der Waals surface area contributed by atoms with Crippen LogP contribution in [0.25, 0.3) is 0 Å². The number of likely N-dealkylation sites (tertiary alicyclic amines) is 1. The number of amides is 1. The Bertz CT molecular complexity index is 722. The molecule has 1 amide bonds. The van der Waals surface area contributed by atoms with Gasteiger partial charge >= 0.3 is 0 Å². The number of ether oxygens (including phenoxy) is 2. The molecule has 29 heavy (non-hydrogen) atoms. The van der Waals surface area contributed by atoms with Gasteiger partial charge in [-0.05, 0) is 57.0 Å². The van der Waals surface area contributed by atoms with Gasteiger partial charge in [0.05, 0.1) is 0 Å². The largest absolute Gasteiger partial charge is 0.486 e. The second-order valence-electron chi connectivity index (χ2n) is 8.49. The summed E-state index contributed by atoms with van der Waals surface area (Å²) < 4.78 is 11.1. The number of benzene rings is 1. The number of hydrogen-bond acceptors (Lipinski definition) is 5. The van der Waals surface area contributed by atoms with Crippen LogP contribution in [-0.4, -0.2) is 55.5 Å². The number of hydrogen-bond donors (Lipinski definition) is 1. The molecule has 1 saturated carbocycles. The predicted octanol–water partition coefficient (Wildman–Crippen LogP) is 3.19. The molecule has 6 nitrogen and oxygen atoms in total. The topological polar surface area (TPSA) is 67.9 Å². The van der Waals surface area contributed by atoms with Gasteiger partial charge in [0, 0.05) is 30.5 Å². The van der Waals surface area contributed by atoms with Gasteiger partial charge in [0.25, 0.3) is 0 Å². The zero-order valence-electron chi connectivity index (χ0n) is 17.2. The van der Waals surface area contributed by atoms with Crippen molar-refractivity contribution in [3.63, 3.8) is 0 Å². The van der Waals surface area contributed by atoms with Crippen molar-refractivity contribution < 1.29 is 19.1 Å². The van der Waals surface area contributed by atoms with Crippen molar-refractivity contribution in [2.75, 3.05) is 32.8 Å². The second kappa shape index (κ2) is 9.61. The third-order valence-corrected chi connectivity index (χ3v) is 6.41. The lowest BCUT2D eigenvalue weighted by molar-refractivity contribution is -0.122. The average molecular weight is 401 g/mol. The first-order valence-corrected chi connectivity index (χ1v) is 11.1. The Kier molecular flexibility index (Phi) is 6.70. The molecule has 1 aromatic carbocycles. The van der Waals surface area contributed by atoms with Crippen molar-refractivity contribution >= 4 is 11.7 Å². The number of carbonyl (C=O) groups excluding carboxylic acids is 2. The van der Waals surface area contributed by atoms with Gasteiger partial charge in [-0.1, -0.05) is 19.3 Å². The summed E-state index contributed by atoms with van der Waals surface area (Å²) in [7, 11) is 0. The molecule has 0 bridgehead atoms. The Morgan fingerprint density at radius 3 is 2.45 bits per heavy atom. The van der Waals surface area contributed by atoms with Crippen LogP contribution in [0.3, 0.4) is 0 Å². The highest BCUT2D eigenvalue weighted by molar-refractivity contribution is 5.98. The number of ketones is 1. The summed E-state index contributed by atoms with van der Waals surface area (Å²) in [4.78, 5) is 27.4. The summed E-state index contributed by atoms with van der Waals surface area (Å²) in [5, 5.41) is 3.19. The maximum atomic E-state index is 12.9. The molecule has 0 aromatic heterocycles. The van der Waals surface area contributed by atoms with E-state index in [1.54, 1.807) is 0 Å². The van der Waals surface area contributed by atoms with Crippen molar-refractivity contribution in [2.45, 2.75) is 57.4 Å². The van der Waals surface area contributed by atoms with Crippen molar-refractivity contribution in [2.24, 2.45) is 5.92 Å². The van der Waals surface area contributed by atoms with E-state index in [1.807, 2.05) is 18.2 Å². The van der Waals surface area contributed by atoms with Gasteiger partial charge in [-0.15, -0.1) is 0 Å². The summed E-state index contributed by atoms with van der Waals surface area (Å²) in [6, 6.07) is 5.88. The van der Waals surface area contributed by atoms with Gasteiger partial charge in [0.1, 0.15) is 13.2 Å². The zero-order chi connectivity index (χ0) is 20.1. The van der Waals surface area contributed by atoms with Gasteiger partial charge < -0.3 is 19.7 Å². The van der Waals surface area contributed by atoms with Crippen LogP contribution in [0.15, 0.2) is 18.2 Å². The van der Waals surface area contributed by atoms with E-state index in [0.29, 0.717) is 42.7 Å². The average Bonchev–Trinajstić information content (AvgIpc) is 2.78. The number of nitrogens with zero attached hydrogens (tertiary/aromatic N) is 1. The number of nitrogens with one attached hydrogen (secondary N) is 1. The van der Waals surface area contributed by atoms with Gasteiger partial charge in [-0.3, -0.25) is 9.59 Å². The van der Waals surface area contributed by atoms with E-state index in [-0.39, 0.29) is 17.6 Å². The minimum Gasteiger partial charge on any atom is -0.486 e. The first kappa shape index (κ1) is 20.2. The maximum absolute atomic E-state index is 12.9. The van der Waals surface area contributed by atoms with Crippen LogP contribution < -0.4 is 14.8 Å². The summed E-state index contributed by atoms with van der Waals surface area (Å²) in [5.74, 6) is 1.80. The van der Waals surface area contributed by atoms with Crippen LogP contribution in [0, 0.1) is 5.92 Å². The highest BCUT2D eigenvalue weighted by Crippen LogP contribution is 2.32. The monoisotopic (exact) mass is 400 g/mol. The Morgan fingerprint density at radius 1 is 0.966 bits per heavy atom. The minimum atomic E-state index is 0.0462. The van der Waals surface area contributed by atoms with Crippen molar-refractivity contribution in [3.8, 4) is 11.5 Å². The van der Waals surface area contributed by atoms with E-state index in [9.17, 15) is 9.59 Å². The molecule has 1 N–H and O–H groups in total. The Labute approximate surface area is 172 Å². The fourth-order valence-electron chi connectivity index (χ4n) is 4.66. The smallest absolute Gasteiger partial charge is 0.221 e. The van der Waals surface area contributed by atoms with Gasteiger partial charge in [0.2, 0.25) is 5.91 Å². The molecule has 3 aliphatic rings. The zero-order valence-corrected chi connectivity index (χ0v) is 17.2. The third kappa shape index (κ3) is 5.30. The molecule has 0 spiro atoms. The highest BCUT2D eigenvalue weighted by atomic mass is 16.6. The summed E-state index contributed by atoms with van der Waals surface area (Å²) in [6.07, 6.45) is 8.25. The van der Waals surface area contributed by atoms with Gasteiger partial charge in [0.15, 0.2) is 17.3 Å². The van der Waals surface area contributed by atoms with Gasteiger partial charge in [-0.2, -0.15) is 0 Å². The first-order valence-electron chi connectivity index (χ1n) is 11.1. The van der Waals surface area contributed by atoms with Gasteiger partial charge in [-0.25, -0.2) is 0 Å². The fraction of sp³-hybridized carbons (Fsp3) is 0.652. The van der Waals surface area contributed by atoms with Crippen LogP contribution in [0.4, 0.5) is 0 Å². The molecule has 1 saturated heterocycles. The molecule has 4 rings (SSSR count). The lowest BCUT2D eigenvalue weighted by Gasteiger charge is -2.31. The molecular formula is C23H32N2O4. The SMILES string of the molecule is O=C(CCN1CCC(C(=O)c2ccc3c(c2)OCCO3)CC1)NC1CCCCC1. The third-order valence-electron chi connectivity index (χ3n) is 6.41. The summed E-state index contributed by atoms with van der Waals surface area (Å²) >= 11 is 0.